The molecule has 0 bridgehead atoms. The highest BCUT2D eigenvalue weighted by Gasteiger charge is 2.21. The highest BCUT2D eigenvalue weighted by Crippen LogP contribution is 2.28. The first-order valence-electron chi connectivity index (χ1n) is 6.85. The number of hydrogen-bond acceptors (Lipinski definition) is 2. The third-order valence-electron chi connectivity index (χ3n) is 3.64. The second-order valence-corrected chi connectivity index (χ2v) is 5.18. The van der Waals surface area contributed by atoms with Crippen LogP contribution in [0.2, 0.25) is 0 Å². The van der Waals surface area contributed by atoms with Crippen molar-refractivity contribution in [1.82, 2.24) is 9.38 Å². The van der Waals surface area contributed by atoms with Gasteiger partial charge >= 0.3 is 5.97 Å². The van der Waals surface area contributed by atoms with E-state index >= 15 is 0 Å². The van der Waals surface area contributed by atoms with E-state index in [1.54, 1.807) is 6.20 Å². The van der Waals surface area contributed by atoms with E-state index < -0.39 is 5.97 Å². The lowest BCUT2D eigenvalue weighted by molar-refractivity contribution is -0.137. The van der Waals surface area contributed by atoms with Crippen LogP contribution in [0.5, 0.6) is 0 Å². The van der Waals surface area contributed by atoms with Gasteiger partial charge in [0.05, 0.1) is 12.1 Å². The van der Waals surface area contributed by atoms with E-state index in [9.17, 15) is 9.90 Å². The molecule has 0 amide bonds. The lowest BCUT2D eigenvalue weighted by atomic mass is 9.93. The minimum absolute atomic E-state index is 0.0473. The van der Waals surface area contributed by atoms with E-state index in [1.807, 2.05) is 60.0 Å². The predicted octanol–water partition coefficient (Wildman–Crippen LogP) is 3.25. The van der Waals surface area contributed by atoms with E-state index in [0.29, 0.717) is 0 Å². The number of carboxylic acids is 1. The highest BCUT2D eigenvalue weighted by atomic mass is 16.4. The monoisotopic (exact) mass is 280 g/mol. The molecule has 4 heteroatoms. The maximum absolute atomic E-state index is 11.2. The van der Waals surface area contributed by atoms with Gasteiger partial charge in [0.2, 0.25) is 0 Å². The van der Waals surface area contributed by atoms with Gasteiger partial charge < -0.3 is 9.51 Å². The van der Waals surface area contributed by atoms with Crippen molar-refractivity contribution in [2.45, 2.75) is 19.3 Å². The molecule has 3 rings (SSSR count). The zero-order chi connectivity index (χ0) is 14.8. The van der Waals surface area contributed by atoms with Crippen LogP contribution >= 0.6 is 0 Å². The van der Waals surface area contributed by atoms with Crippen LogP contribution in [0.15, 0.2) is 54.9 Å². The smallest absolute Gasteiger partial charge is 0.304 e. The van der Waals surface area contributed by atoms with Crippen molar-refractivity contribution in [2.24, 2.45) is 0 Å². The average Bonchev–Trinajstić information content (AvgIpc) is 2.88. The molecule has 4 nitrogen and oxygen atoms in total. The molecule has 1 aromatic carbocycles. The molecule has 0 radical (unpaired) electrons. The second kappa shape index (κ2) is 5.40. The Labute approximate surface area is 122 Å². The molecule has 3 aromatic rings. The summed E-state index contributed by atoms with van der Waals surface area (Å²) < 4.78 is 1.97. The zero-order valence-electron chi connectivity index (χ0n) is 11.7. The summed E-state index contributed by atoms with van der Waals surface area (Å²) in [6.45, 7) is 2.01. The van der Waals surface area contributed by atoms with Crippen molar-refractivity contribution in [3.05, 3.63) is 71.7 Å². The van der Waals surface area contributed by atoms with Gasteiger partial charge in [-0.05, 0) is 30.2 Å². The summed E-state index contributed by atoms with van der Waals surface area (Å²) >= 11 is 0. The number of nitrogens with zero attached hydrogens (tertiary/aromatic N) is 2. The van der Waals surface area contributed by atoms with Crippen molar-refractivity contribution in [1.29, 1.82) is 0 Å². The molecule has 0 spiro atoms. The average molecular weight is 280 g/mol. The first-order valence-corrected chi connectivity index (χ1v) is 6.85. The summed E-state index contributed by atoms with van der Waals surface area (Å²) in [5, 5.41) is 9.23. The fourth-order valence-electron chi connectivity index (χ4n) is 2.61. The van der Waals surface area contributed by atoms with Crippen LogP contribution in [0.1, 0.15) is 29.2 Å². The van der Waals surface area contributed by atoms with Crippen LogP contribution < -0.4 is 0 Å². The molecule has 21 heavy (non-hydrogen) atoms. The predicted molar refractivity (Wildman–Crippen MR) is 80.5 cm³/mol. The minimum Gasteiger partial charge on any atom is -0.481 e. The van der Waals surface area contributed by atoms with Gasteiger partial charge in [-0.25, -0.2) is 4.98 Å². The Morgan fingerprint density at radius 3 is 2.76 bits per heavy atom. The van der Waals surface area contributed by atoms with Crippen LogP contribution in [-0.2, 0) is 4.79 Å². The highest BCUT2D eigenvalue weighted by molar-refractivity contribution is 5.69. The molecule has 0 unspecified atom stereocenters. The number of rotatable bonds is 4. The molecule has 106 valence electrons. The maximum atomic E-state index is 11.2. The largest absolute Gasteiger partial charge is 0.481 e. The first kappa shape index (κ1) is 13.4. The summed E-state index contributed by atoms with van der Waals surface area (Å²) in [5.41, 5.74) is 3.87. The Morgan fingerprint density at radius 1 is 1.29 bits per heavy atom. The SMILES string of the molecule is Cc1ccn2c([C@H](CC(=O)O)c3ccccc3)cnc2c1. The number of benzene rings is 1. The van der Waals surface area contributed by atoms with Gasteiger partial charge in [-0.3, -0.25) is 4.79 Å². The fraction of sp³-hybridized carbons (Fsp3) is 0.176. The van der Waals surface area contributed by atoms with Gasteiger partial charge in [0, 0.05) is 18.3 Å². The number of aliphatic carboxylic acids is 1. The molecule has 2 heterocycles. The molecule has 1 atom stereocenters. The van der Waals surface area contributed by atoms with Crippen molar-refractivity contribution < 1.29 is 9.90 Å². The quantitative estimate of drug-likeness (QED) is 0.798. The molecule has 0 aliphatic heterocycles. The molecule has 0 saturated carbocycles. The Kier molecular flexibility index (Phi) is 3.44. The minimum atomic E-state index is -0.814. The van der Waals surface area contributed by atoms with Crippen molar-refractivity contribution in [3.8, 4) is 0 Å². The number of aryl methyl sites for hydroxylation is 1. The number of hydrogen-bond donors (Lipinski definition) is 1. The fourth-order valence-corrected chi connectivity index (χ4v) is 2.61. The lowest BCUT2D eigenvalue weighted by Crippen LogP contribution is -2.10. The number of carboxylic acid groups (broad SMARTS) is 1. The van der Waals surface area contributed by atoms with Crippen LogP contribution in [-0.4, -0.2) is 20.5 Å². The van der Waals surface area contributed by atoms with Gasteiger partial charge in [-0.15, -0.1) is 0 Å². The maximum Gasteiger partial charge on any atom is 0.304 e. The third-order valence-corrected chi connectivity index (χ3v) is 3.64. The van der Waals surface area contributed by atoms with Gasteiger partial charge in [-0.2, -0.15) is 0 Å². The molecule has 1 N–H and O–H groups in total. The molecule has 0 aliphatic carbocycles. The van der Waals surface area contributed by atoms with Crippen molar-refractivity contribution in [2.75, 3.05) is 0 Å². The number of fused-ring (bicyclic) bond motifs is 1. The molecular formula is C17H16N2O2. The van der Waals surface area contributed by atoms with Gasteiger partial charge in [0.25, 0.3) is 0 Å². The standard InChI is InChI=1S/C17H16N2O2/c1-12-7-8-19-15(11-18-16(19)9-12)14(10-17(20)21)13-5-3-2-4-6-13/h2-9,11,14H,10H2,1H3,(H,20,21)/t14-/m1/s1. The van der Waals surface area contributed by atoms with Gasteiger partial charge in [0.1, 0.15) is 5.65 Å². The molecule has 0 aliphatic rings. The number of imidazole rings is 1. The summed E-state index contributed by atoms with van der Waals surface area (Å²) in [7, 11) is 0. The lowest BCUT2D eigenvalue weighted by Gasteiger charge is -2.15. The van der Waals surface area contributed by atoms with Crippen LogP contribution in [0, 0.1) is 6.92 Å². The molecule has 0 saturated heterocycles. The van der Waals surface area contributed by atoms with Crippen LogP contribution in [0.25, 0.3) is 5.65 Å². The Hall–Kier alpha value is -2.62. The first-order chi connectivity index (χ1) is 10.1. The Bertz CT molecular complexity index is 778. The number of pyridine rings is 1. The normalized spacial score (nSPS) is 12.4. The van der Waals surface area contributed by atoms with Crippen molar-refractivity contribution in [3.63, 3.8) is 0 Å². The van der Waals surface area contributed by atoms with Gasteiger partial charge in [0.15, 0.2) is 0 Å². The van der Waals surface area contributed by atoms with Crippen LogP contribution in [0.3, 0.4) is 0 Å². The van der Waals surface area contributed by atoms with E-state index in [-0.39, 0.29) is 12.3 Å². The van der Waals surface area contributed by atoms with E-state index in [0.717, 1.165) is 22.5 Å². The summed E-state index contributed by atoms with van der Waals surface area (Å²) in [4.78, 5) is 15.6. The van der Waals surface area contributed by atoms with E-state index in [1.165, 1.54) is 0 Å². The summed E-state index contributed by atoms with van der Waals surface area (Å²) in [6.07, 6.45) is 3.77. The summed E-state index contributed by atoms with van der Waals surface area (Å²) in [6, 6.07) is 13.7. The Morgan fingerprint density at radius 2 is 2.05 bits per heavy atom. The second-order valence-electron chi connectivity index (χ2n) is 5.18. The molecule has 2 aromatic heterocycles. The topological polar surface area (TPSA) is 54.6 Å². The van der Waals surface area contributed by atoms with E-state index in [4.69, 9.17) is 0 Å². The summed E-state index contributed by atoms with van der Waals surface area (Å²) in [5.74, 6) is -1.02. The van der Waals surface area contributed by atoms with Crippen LogP contribution in [0.4, 0.5) is 0 Å². The molecular weight excluding hydrogens is 264 g/mol. The molecule has 0 fully saturated rings. The third kappa shape index (κ3) is 2.65. The number of aromatic nitrogens is 2. The van der Waals surface area contributed by atoms with Crippen molar-refractivity contribution >= 4 is 11.6 Å². The zero-order valence-corrected chi connectivity index (χ0v) is 11.7. The van der Waals surface area contributed by atoms with E-state index in [2.05, 4.69) is 4.98 Å². The Balaban J connectivity index is 2.12. The number of carbonyl (C=O) groups is 1. The van der Waals surface area contributed by atoms with Gasteiger partial charge in [-0.1, -0.05) is 30.3 Å².